The van der Waals surface area contributed by atoms with E-state index in [-0.39, 0.29) is 12.4 Å². The number of furan rings is 1. The normalized spacial score (nSPS) is 10.9. The van der Waals surface area contributed by atoms with Gasteiger partial charge in [0.05, 0.1) is 5.39 Å². The van der Waals surface area contributed by atoms with E-state index in [1.807, 2.05) is 0 Å². The predicted octanol–water partition coefficient (Wildman–Crippen LogP) is 4.00. The van der Waals surface area contributed by atoms with Crippen molar-refractivity contribution in [2.24, 2.45) is 0 Å². The molecule has 0 spiro atoms. The summed E-state index contributed by atoms with van der Waals surface area (Å²) in [5.74, 6) is -1.22. The number of fused-ring (bicyclic) bond motifs is 1. The van der Waals surface area contributed by atoms with Crippen LogP contribution in [-0.4, -0.2) is 5.11 Å². The summed E-state index contributed by atoms with van der Waals surface area (Å²) in [5, 5.41) is 10.0. The van der Waals surface area contributed by atoms with Crippen LogP contribution in [0, 0.1) is 11.6 Å². The fourth-order valence-corrected chi connectivity index (χ4v) is 1.88. The molecule has 1 aromatic heterocycles. The second-order valence-electron chi connectivity index (χ2n) is 4.32. The van der Waals surface area contributed by atoms with Gasteiger partial charge in [-0.05, 0) is 29.8 Å². The molecule has 0 saturated carbocycles. The maximum Gasteiger partial charge on any atom is 0.161 e. The van der Waals surface area contributed by atoms with Gasteiger partial charge in [-0.25, -0.2) is 8.78 Å². The van der Waals surface area contributed by atoms with Crippen LogP contribution < -0.4 is 4.74 Å². The summed E-state index contributed by atoms with van der Waals surface area (Å²) in [7, 11) is 0. The Morgan fingerprint density at radius 1 is 1.05 bits per heavy atom. The number of benzene rings is 2. The third kappa shape index (κ3) is 2.30. The monoisotopic (exact) mass is 276 g/mol. The summed E-state index contributed by atoms with van der Waals surface area (Å²) < 4.78 is 36.4. The molecule has 20 heavy (non-hydrogen) atoms. The first-order chi connectivity index (χ1) is 9.63. The van der Waals surface area contributed by atoms with Gasteiger partial charge >= 0.3 is 0 Å². The van der Waals surface area contributed by atoms with Crippen molar-refractivity contribution >= 4 is 11.0 Å². The minimum atomic E-state index is -0.905. The molecule has 3 aromatic rings. The minimum Gasteiger partial charge on any atom is -0.504 e. The third-order valence-corrected chi connectivity index (χ3v) is 2.92. The Morgan fingerprint density at radius 2 is 1.90 bits per heavy atom. The van der Waals surface area contributed by atoms with E-state index < -0.39 is 11.6 Å². The molecular weight excluding hydrogens is 266 g/mol. The first-order valence-corrected chi connectivity index (χ1v) is 5.90. The molecule has 2 aromatic carbocycles. The number of aromatic hydroxyl groups is 1. The van der Waals surface area contributed by atoms with Gasteiger partial charge in [0.25, 0.3) is 0 Å². The van der Waals surface area contributed by atoms with Crippen molar-refractivity contribution in [3.8, 4) is 11.5 Å². The Kier molecular flexibility index (Phi) is 3.02. The lowest BCUT2D eigenvalue weighted by Gasteiger charge is -2.06. The van der Waals surface area contributed by atoms with Crippen molar-refractivity contribution in [3.63, 3.8) is 0 Å². The summed E-state index contributed by atoms with van der Waals surface area (Å²) in [6, 6.07) is 8.55. The number of rotatable bonds is 3. The number of halogens is 2. The lowest BCUT2D eigenvalue weighted by atomic mass is 10.2. The van der Waals surface area contributed by atoms with Gasteiger partial charge in [0.15, 0.2) is 17.4 Å². The molecule has 5 heteroatoms. The van der Waals surface area contributed by atoms with Crippen LogP contribution in [0.1, 0.15) is 5.56 Å². The molecule has 0 saturated heterocycles. The highest BCUT2D eigenvalue weighted by atomic mass is 19.2. The van der Waals surface area contributed by atoms with Gasteiger partial charge in [0, 0.05) is 6.07 Å². The summed E-state index contributed by atoms with van der Waals surface area (Å²) in [6.07, 6.45) is 1.24. The van der Waals surface area contributed by atoms with Crippen molar-refractivity contribution in [2.75, 3.05) is 0 Å². The van der Waals surface area contributed by atoms with Crippen LogP contribution >= 0.6 is 0 Å². The number of hydrogen-bond acceptors (Lipinski definition) is 3. The largest absolute Gasteiger partial charge is 0.504 e. The quantitative estimate of drug-likeness (QED) is 0.786. The minimum absolute atomic E-state index is 0.0622. The lowest BCUT2D eigenvalue weighted by molar-refractivity contribution is 0.305. The SMILES string of the molecule is Oc1coc2cc(OCc3ccc(F)c(F)c3)ccc12. The third-order valence-electron chi connectivity index (χ3n) is 2.92. The van der Waals surface area contributed by atoms with Crippen molar-refractivity contribution in [2.45, 2.75) is 6.61 Å². The van der Waals surface area contributed by atoms with E-state index in [0.29, 0.717) is 22.3 Å². The Morgan fingerprint density at radius 3 is 2.70 bits per heavy atom. The molecule has 3 rings (SSSR count). The first-order valence-electron chi connectivity index (χ1n) is 5.90. The van der Waals surface area contributed by atoms with Gasteiger partial charge in [-0.3, -0.25) is 0 Å². The van der Waals surface area contributed by atoms with Gasteiger partial charge in [0.2, 0.25) is 0 Å². The molecular formula is C15H10F2O3. The highest BCUT2D eigenvalue weighted by Crippen LogP contribution is 2.29. The fourth-order valence-electron chi connectivity index (χ4n) is 1.88. The fraction of sp³-hybridized carbons (Fsp3) is 0.0667. The lowest BCUT2D eigenvalue weighted by Crippen LogP contribution is -1.97. The number of hydrogen-bond donors (Lipinski definition) is 1. The molecule has 0 unspecified atom stereocenters. The molecule has 0 atom stereocenters. The molecule has 0 radical (unpaired) electrons. The molecule has 0 bridgehead atoms. The van der Waals surface area contributed by atoms with Gasteiger partial charge in [-0.15, -0.1) is 0 Å². The van der Waals surface area contributed by atoms with Crippen molar-refractivity contribution in [1.29, 1.82) is 0 Å². The Balaban J connectivity index is 1.77. The number of ether oxygens (including phenoxy) is 1. The maximum atomic E-state index is 13.0. The van der Waals surface area contributed by atoms with E-state index in [1.165, 1.54) is 12.3 Å². The van der Waals surface area contributed by atoms with Crippen LogP contribution in [0.15, 0.2) is 47.1 Å². The molecule has 3 nitrogen and oxygen atoms in total. The standard InChI is InChI=1S/C15H10F2O3/c16-12-4-1-9(5-13(12)17)7-19-10-2-3-11-14(18)8-20-15(11)6-10/h1-6,8,18H,7H2. The van der Waals surface area contributed by atoms with Crippen LogP contribution in [0.3, 0.4) is 0 Å². The van der Waals surface area contributed by atoms with Crippen LogP contribution in [0.5, 0.6) is 11.5 Å². The molecule has 0 fully saturated rings. The van der Waals surface area contributed by atoms with Crippen LogP contribution in [0.25, 0.3) is 11.0 Å². The Labute approximate surface area is 113 Å². The van der Waals surface area contributed by atoms with Crippen LogP contribution in [0.4, 0.5) is 8.78 Å². The maximum absolute atomic E-state index is 13.0. The van der Waals surface area contributed by atoms with E-state index in [4.69, 9.17) is 9.15 Å². The Bertz CT molecular complexity index is 765. The highest BCUT2D eigenvalue weighted by molar-refractivity contribution is 5.84. The van der Waals surface area contributed by atoms with Gasteiger partial charge in [-0.2, -0.15) is 0 Å². The van der Waals surface area contributed by atoms with Crippen LogP contribution in [0.2, 0.25) is 0 Å². The first kappa shape index (κ1) is 12.5. The molecule has 0 aliphatic rings. The zero-order valence-corrected chi connectivity index (χ0v) is 10.3. The summed E-state index contributed by atoms with van der Waals surface area (Å²) in [5.41, 5.74) is 1.01. The second kappa shape index (κ2) is 4.85. The highest BCUT2D eigenvalue weighted by Gasteiger charge is 2.07. The van der Waals surface area contributed by atoms with Crippen molar-refractivity contribution < 1.29 is 23.0 Å². The van der Waals surface area contributed by atoms with E-state index in [0.717, 1.165) is 12.1 Å². The average Bonchev–Trinajstić information content (AvgIpc) is 2.81. The molecule has 102 valence electrons. The van der Waals surface area contributed by atoms with E-state index in [1.54, 1.807) is 18.2 Å². The van der Waals surface area contributed by atoms with Gasteiger partial charge in [0.1, 0.15) is 24.2 Å². The molecule has 0 aliphatic heterocycles. The van der Waals surface area contributed by atoms with Crippen molar-refractivity contribution in [3.05, 3.63) is 59.9 Å². The molecule has 0 aliphatic carbocycles. The Hall–Kier alpha value is -2.56. The molecule has 1 N–H and O–H groups in total. The summed E-state index contributed by atoms with van der Waals surface area (Å²) in [6.45, 7) is 0.107. The van der Waals surface area contributed by atoms with E-state index in [2.05, 4.69) is 0 Å². The average molecular weight is 276 g/mol. The summed E-state index contributed by atoms with van der Waals surface area (Å²) in [4.78, 5) is 0. The predicted molar refractivity (Wildman–Crippen MR) is 68.6 cm³/mol. The van der Waals surface area contributed by atoms with Crippen LogP contribution in [-0.2, 0) is 6.61 Å². The zero-order chi connectivity index (χ0) is 14.1. The second-order valence-corrected chi connectivity index (χ2v) is 4.32. The molecule has 0 amide bonds. The zero-order valence-electron chi connectivity index (χ0n) is 10.3. The van der Waals surface area contributed by atoms with Gasteiger partial charge in [-0.1, -0.05) is 6.07 Å². The van der Waals surface area contributed by atoms with Crippen molar-refractivity contribution in [1.82, 2.24) is 0 Å². The topological polar surface area (TPSA) is 42.6 Å². The van der Waals surface area contributed by atoms with E-state index in [9.17, 15) is 13.9 Å². The smallest absolute Gasteiger partial charge is 0.161 e. The van der Waals surface area contributed by atoms with E-state index >= 15 is 0 Å². The van der Waals surface area contributed by atoms with Gasteiger partial charge < -0.3 is 14.3 Å². The summed E-state index contributed by atoms with van der Waals surface area (Å²) >= 11 is 0. The molecule has 1 heterocycles.